The topological polar surface area (TPSA) is 113 Å². The number of nitrogens with one attached hydrogen (secondary N) is 3. The van der Waals surface area contributed by atoms with Crippen molar-refractivity contribution < 1.29 is 9.59 Å². The van der Waals surface area contributed by atoms with Crippen LogP contribution in [0, 0.1) is 0 Å². The van der Waals surface area contributed by atoms with Crippen LogP contribution in [0.2, 0.25) is 0 Å². The number of fused-ring (bicyclic) bond motifs is 2. The monoisotopic (exact) mass is 518 g/mol. The van der Waals surface area contributed by atoms with Crippen molar-refractivity contribution in [2.75, 3.05) is 5.32 Å². The summed E-state index contributed by atoms with van der Waals surface area (Å²) >= 11 is 1.32. The zero-order valence-corrected chi connectivity index (χ0v) is 20.9. The predicted octanol–water partition coefficient (Wildman–Crippen LogP) is 5.21. The quantitative estimate of drug-likeness (QED) is 0.268. The van der Waals surface area contributed by atoms with E-state index < -0.39 is 6.04 Å². The summed E-state index contributed by atoms with van der Waals surface area (Å²) in [6.45, 7) is 0. The van der Waals surface area contributed by atoms with Crippen molar-refractivity contribution in [3.05, 3.63) is 108 Å². The lowest BCUT2D eigenvalue weighted by molar-refractivity contribution is -0.118. The van der Waals surface area contributed by atoms with Crippen molar-refractivity contribution in [2.24, 2.45) is 0 Å². The molecule has 2 amide bonds. The SMILES string of the molecule is O=C(N[C@@H](Cc1ccccc1)C(=O)Nc1nccs1)c1ccc2[nH]c(-c3cc4ccccc4cn3)nc2c1. The molecule has 0 saturated carbocycles. The number of aromatic amines is 1. The van der Waals surface area contributed by atoms with Crippen molar-refractivity contribution in [1.82, 2.24) is 25.3 Å². The highest BCUT2D eigenvalue weighted by Gasteiger charge is 2.23. The number of benzene rings is 3. The van der Waals surface area contributed by atoms with Crippen LogP contribution < -0.4 is 10.6 Å². The first-order chi connectivity index (χ1) is 18.6. The molecule has 0 aliphatic heterocycles. The number of aromatic nitrogens is 4. The zero-order valence-electron chi connectivity index (χ0n) is 20.1. The second-order valence-corrected chi connectivity index (χ2v) is 9.67. The number of carbonyl (C=O) groups is 2. The molecule has 0 fully saturated rings. The van der Waals surface area contributed by atoms with E-state index in [2.05, 4.69) is 30.6 Å². The third kappa shape index (κ3) is 5.00. The van der Waals surface area contributed by atoms with Gasteiger partial charge in [-0.1, -0.05) is 54.6 Å². The number of carbonyl (C=O) groups excluding carboxylic acids is 2. The van der Waals surface area contributed by atoms with Crippen LogP contribution in [-0.4, -0.2) is 37.8 Å². The van der Waals surface area contributed by atoms with Gasteiger partial charge in [0.15, 0.2) is 11.0 Å². The summed E-state index contributed by atoms with van der Waals surface area (Å²) in [4.78, 5) is 42.9. The summed E-state index contributed by atoms with van der Waals surface area (Å²) in [5.74, 6) is -0.0775. The molecule has 0 spiro atoms. The molecule has 0 bridgehead atoms. The molecule has 8 nitrogen and oxygen atoms in total. The normalized spacial score (nSPS) is 11.9. The van der Waals surface area contributed by atoms with Gasteiger partial charge in [0.2, 0.25) is 5.91 Å². The molecular formula is C29H22N6O2S. The van der Waals surface area contributed by atoms with E-state index in [0.29, 0.717) is 34.2 Å². The summed E-state index contributed by atoms with van der Waals surface area (Å²) in [5.41, 5.74) is 3.47. The highest BCUT2D eigenvalue weighted by Crippen LogP contribution is 2.23. The largest absolute Gasteiger partial charge is 0.340 e. The Hall–Kier alpha value is -4.89. The fourth-order valence-corrected chi connectivity index (χ4v) is 4.79. The van der Waals surface area contributed by atoms with Crippen LogP contribution in [0.4, 0.5) is 5.13 Å². The van der Waals surface area contributed by atoms with E-state index in [1.807, 2.05) is 72.9 Å². The molecule has 0 saturated heterocycles. The van der Waals surface area contributed by atoms with Crippen LogP contribution in [-0.2, 0) is 11.2 Å². The van der Waals surface area contributed by atoms with Gasteiger partial charge in [0, 0.05) is 35.1 Å². The molecule has 0 unspecified atom stereocenters. The van der Waals surface area contributed by atoms with Crippen LogP contribution >= 0.6 is 11.3 Å². The fraction of sp³-hybridized carbons (Fsp3) is 0.0690. The Bertz CT molecular complexity index is 1750. The van der Waals surface area contributed by atoms with Crippen LogP contribution in [0.5, 0.6) is 0 Å². The lowest BCUT2D eigenvalue weighted by Gasteiger charge is -2.18. The summed E-state index contributed by atoms with van der Waals surface area (Å²) in [6.07, 6.45) is 3.78. The maximum absolute atomic E-state index is 13.3. The van der Waals surface area contributed by atoms with Crippen molar-refractivity contribution >= 4 is 50.1 Å². The first kappa shape index (κ1) is 23.5. The Morgan fingerprint density at radius 3 is 2.55 bits per heavy atom. The van der Waals surface area contributed by atoms with Crippen LogP contribution in [0.25, 0.3) is 33.3 Å². The number of nitrogens with zero attached hydrogens (tertiary/aromatic N) is 3. The molecule has 3 aromatic carbocycles. The molecule has 3 heterocycles. The number of amides is 2. The Morgan fingerprint density at radius 2 is 1.74 bits per heavy atom. The minimum atomic E-state index is -0.791. The van der Waals surface area contributed by atoms with E-state index in [4.69, 9.17) is 0 Å². The van der Waals surface area contributed by atoms with E-state index in [9.17, 15) is 9.59 Å². The number of hydrogen-bond donors (Lipinski definition) is 3. The minimum Gasteiger partial charge on any atom is -0.340 e. The predicted molar refractivity (Wildman–Crippen MR) is 149 cm³/mol. The number of hydrogen-bond acceptors (Lipinski definition) is 6. The maximum atomic E-state index is 13.3. The smallest absolute Gasteiger partial charge is 0.252 e. The van der Waals surface area contributed by atoms with Crippen molar-refractivity contribution in [3.63, 3.8) is 0 Å². The van der Waals surface area contributed by atoms with E-state index in [0.717, 1.165) is 21.9 Å². The van der Waals surface area contributed by atoms with Crippen molar-refractivity contribution in [3.8, 4) is 11.5 Å². The molecule has 0 radical (unpaired) electrons. The van der Waals surface area contributed by atoms with E-state index in [-0.39, 0.29) is 11.8 Å². The number of H-pyrrole nitrogens is 1. The van der Waals surface area contributed by atoms with Gasteiger partial charge in [-0.3, -0.25) is 14.6 Å². The summed E-state index contributed by atoms with van der Waals surface area (Å²) in [5, 5.41) is 10.1. The highest BCUT2D eigenvalue weighted by atomic mass is 32.1. The molecule has 186 valence electrons. The van der Waals surface area contributed by atoms with Crippen molar-refractivity contribution in [1.29, 1.82) is 0 Å². The lowest BCUT2D eigenvalue weighted by atomic mass is 10.0. The number of imidazole rings is 1. The van der Waals surface area contributed by atoms with Gasteiger partial charge >= 0.3 is 0 Å². The number of thiazole rings is 1. The molecule has 3 N–H and O–H groups in total. The van der Waals surface area contributed by atoms with E-state index >= 15 is 0 Å². The van der Waals surface area contributed by atoms with Gasteiger partial charge in [-0.25, -0.2) is 9.97 Å². The summed E-state index contributed by atoms with van der Waals surface area (Å²) in [6, 6.07) is 24.0. The second-order valence-electron chi connectivity index (χ2n) is 8.78. The van der Waals surface area contributed by atoms with Gasteiger partial charge in [0.25, 0.3) is 5.91 Å². The second kappa shape index (κ2) is 10.2. The molecule has 0 aliphatic carbocycles. The molecule has 3 aromatic heterocycles. The first-order valence-electron chi connectivity index (χ1n) is 12.0. The van der Waals surface area contributed by atoms with E-state index in [1.165, 1.54) is 11.3 Å². The number of anilines is 1. The Balaban J connectivity index is 1.25. The van der Waals surface area contributed by atoms with Crippen molar-refractivity contribution in [2.45, 2.75) is 12.5 Å². The fourth-order valence-electron chi connectivity index (χ4n) is 4.26. The summed E-state index contributed by atoms with van der Waals surface area (Å²) in [7, 11) is 0. The molecule has 38 heavy (non-hydrogen) atoms. The van der Waals surface area contributed by atoms with E-state index in [1.54, 1.807) is 23.7 Å². The van der Waals surface area contributed by atoms with Crippen LogP contribution in [0.3, 0.4) is 0 Å². The van der Waals surface area contributed by atoms with Gasteiger partial charge in [-0.15, -0.1) is 11.3 Å². The molecule has 1 atom stereocenters. The average molecular weight is 519 g/mol. The zero-order chi connectivity index (χ0) is 25.9. The molecule has 9 heteroatoms. The van der Waals surface area contributed by atoms with Gasteiger partial charge in [0.05, 0.1) is 11.0 Å². The van der Waals surface area contributed by atoms with Gasteiger partial charge in [-0.2, -0.15) is 0 Å². The van der Waals surface area contributed by atoms with Crippen LogP contribution in [0.15, 0.2) is 96.6 Å². The third-order valence-electron chi connectivity index (χ3n) is 6.19. The highest BCUT2D eigenvalue weighted by molar-refractivity contribution is 7.13. The average Bonchev–Trinajstić information content (AvgIpc) is 3.62. The number of pyridine rings is 1. The molecular weight excluding hydrogens is 496 g/mol. The first-order valence-corrected chi connectivity index (χ1v) is 12.9. The molecule has 6 rings (SSSR count). The Morgan fingerprint density at radius 1 is 0.921 bits per heavy atom. The third-order valence-corrected chi connectivity index (χ3v) is 6.87. The van der Waals surface area contributed by atoms with Gasteiger partial charge in [-0.05, 0) is 35.2 Å². The Kier molecular flexibility index (Phi) is 6.33. The Labute approximate surface area is 221 Å². The van der Waals surface area contributed by atoms with Gasteiger partial charge in [0.1, 0.15) is 11.7 Å². The number of rotatable bonds is 7. The standard InChI is InChI=1S/C29H22N6O2S/c36-27(34-25(14-18-6-2-1-3-7-18)28(37)35-29-30-12-13-38-29)20-10-11-22-23(16-20)33-26(32-22)24-15-19-8-4-5-9-21(19)17-31-24/h1-13,15-17,25H,14H2,(H,32,33)(H,34,36)(H,30,35,37)/t25-/m0/s1. The van der Waals surface area contributed by atoms with Crippen LogP contribution in [0.1, 0.15) is 15.9 Å². The van der Waals surface area contributed by atoms with Gasteiger partial charge < -0.3 is 15.6 Å². The molecule has 0 aliphatic rings. The maximum Gasteiger partial charge on any atom is 0.252 e. The lowest BCUT2D eigenvalue weighted by Crippen LogP contribution is -2.45. The summed E-state index contributed by atoms with van der Waals surface area (Å²) < 4.78 is 0. The molecule has 6 aromatic rings. The minimum absolute atomic E-state index is 0.331.